The fourth-order valence-electron chi connectivity index (χ4n) is 3.80. The Kier molecular flexibility index (Phi) is 4.20. The molecule has 5 rings (SSSR count). The van der Waals surface area contributed by atoms with Gasteiger partial charge in [-0.15, -0.1) is 0 Å². The summed E-state index contributed by atoms with van der Waals surface area (Å²) >= 11 is 0. The van der Waals surface area contributed by atoms with E-state index in [1.54, 1.807) is 0 Å². The molecule has 0 aliphatic rings. The van der Waals surface area contributed by atoms with E-state index in [9.17, 15) is 0 Å². The highest BCUT2D eigenvalue weighted by molar-refractivity contribution is 7.80. The fraction of sp³-hybridized carbons (Fsp3) is 0. The van der Waals surface area contributed by atoms with Gasteiger partial charge in [-0.25, -0.2) is 0 Å². The second-order valence-electron chi connectivity index (χ2n) is 6.67. The largest absolute Gasteiger partial charge is 0.0622 e. The molecule has 5 aromatic carbocycles. The molecule has 1 heteroatoms. The van der Waals surface area contributed by atoms with Gasteiger partial charge in [0.25, 0.3) is 0 Å². The summed E-state index contributed by atoms with van der Waals surface area (Å²) in [7, 11) is -0.601. The maximum absolute atomic E-state index is 2.31. The molecule has 0 fully saturated rings. The minimum atomic E-state index is -0.601. The van der Waals surface area contributed by atoms with Gasteiger partial charge in [-0.2, -0.15) is 0 Å². The van der Waals surface area contributed by atoms with Crippen LogP contribution in [0.5, 0.6) is 0 Å². The average Bonchev–Trinajstić information content (AvgIpc) is 2.75. The van der Waals surface area contributed by atoms with Gasteiger partial charge >= 0.3 is 0 Å². The molecule has 0 saturated heterocycles. The van der Waals surface area contributed by atoms with Crippen molar-refractivity contribution < 1.29 is 0 Å². The molecule has 5 aromatic rings. The van der Waals surface area contributed by atoms with Crippen molar-refractivity contribution in [1.29, 1.82) is 0 Å². The second-order valence-corrected chi connectivity index (χ2v) is 8.85. The predicted molar refractivity (Wildman–Crippen MR) is 120 cm³/mol. The lowest BCUT2D eigenvalue weighted by atomic mass is 10.0. The lowest BCUT2D eigenvalue weighted by Gasteiger charge is -2.21. The average molecular weight is 362 g/mol. The van der Waals surface area contributed by atoms with Crippen LogP contribution in [0.3, 0.4) is 0 Å². The minimum absolute atomic E-state index is 0.601. The van der Waals surface area contributed by atoms with Crippen LogP contribution in [0.4, 0.5) is 0 Å². The van der Waals surface area contributed by atoms with E-state index >= 15 is 0 Å². The van der Waals surface area contributed by atoms with Gasteiger partial charge in [0.1, 0.15) is 0 Å². The summed E-state index contributed by atoms with van der Waals surface area (Å²) in [6.45, 7) is 0. The summed E-state index contributed by atoms with van der Waals surface area (Å²) in [5.41, 5.74) is 0. The lowest BCUT2D eigenvalue weighted by Crippen LogP contribution is -2.21. The maximum atomic E-state index is 2.31. The van der Waals surface area contributed by atoms with E-state index in [-0.39, 0.29) is 0 Å². The van der Waals surface area contributed by atoms with E-state index in [2.05, 4.69) is 115 Å². The Bertz CT molecular complexity index is 1170. The Morgan fingerprint density at radius 2 is 0.963 bits per heavy atom. The Labute approximate surface area is 160 Å². The molecule has 0 bridgehead atoms. The zero-order valence-electron chi connectivity index (χ0n) is 14.9. The third-order valence-electron chi connectivity index (χ3n) is 5.03. The van der Waals surface area contributed by atoms with Crippen LogP contribution in [0.15, 0.2) is 115 Å². The Morgan fingerprint density at radius 1 is 0.370 bits per heavy atom. The van der Waals surface area contributed by atoms with Gasteiger partial charge in [-0.05, 0) is 45.4 Å². The second kappa shape index (κ2) is 6.99. The van der Waals surface area contributed by atoms with Crippen molar-refractivity contribution in [3.8, 4) is 0 Å². The highest BCUT2D eigenvalue weighted by atomic mass is 31.1. The first-order chi connectivity index (χ1) is 13.4. The van der Waals surface area contributed by atoms with Gasteiger partial charge in [0, 0.05) is 0 Å². The van der Waals surface area contributed by atoms with Gasteiger partial charge < -0.3 is 0 Å². The van der Waals surface area contributed by atoms with Gasteiger partial charge in [0.15, 0.2) is 0 Å². The van der Waals surface area contributed by atoms with Crippen molar-refractivity contribution in [3.63, 3.8) is 0 Å². The number of rotatable bonds is 3. The number of fused-ring (bicyclic) bond motifs is 3. The molecule has 0 heterocycles. The van der Waals surface area contributed by atoms with Crippen LogP contribution in [0.25, 0.3) is 21.5 Å². The van der Waals surface area contributed by atoms with Crippen molar-refractivity contribution in [1.82, 2.24) is 0 Å². The first-order valence-electron chi connectivity index (χ1n) is 9.22. The van der Waals surface area contributed by atoms with Crippen LogP contribution in [0, 0.1) is 0 Å². The van der Waals surface area contributed by atoms with Gasteiger partial charge in [0.05, 0.1) is 0 Å². The van der Waals surface area contributed by atoms with Crippen LogP contribution in [-0.2, 0) is 0 Å². The standard InChI is InChI=1S/C26H19P/c1-3-11-21(12-4-1)27(22-13-5-2-6-14-22)26-17-9-16-24-23-15-8-7-10-20(23)18-19-25(24)26/h1-19H. The summed E-state index contributed by atoms with van der Waals surface area (Å²) < 4.78 is 0. The maximum Gasteiger partial charge on any atom is -0.00724 e. The molecule has 0 aliphatic heterocycles. The smallest absolute Gasteiger partial charge is 0.00724 e. The van der Waals surface area contributed by atoms with E-state index in [0.29, 0.717) is 0 Å². The lowest BCUT2D eigenvalue weighted by molar-refractivity contribution is 1.75. The number of benzene rings is 5. The summed E-state index contributed by atoms with van der Waals surface area (Å²) in [6.07, 6.45) is 0. The molecule has 128 valence electrons. The van der Waals surface area contributed by atoms with Crippen molar-refractivity contribution in [2.75, 3.05) is 0 Å². The van der Waals surface area contributed by atoms with Crippen LogP contribution in [-0.4, -0.2) is 0 Å². The SMILES string of the molecule is c1ccc(P(c2ccccc2)c2cccc3c2ccc2ccccc23)cc1. The van der Waals surface area contributed by atoms with E-state index in [1.807, 2.05) is 0 Å². The molecule has 0 unspecified atom stereocenters. The first kappa shape index (κ1) is 16.2. The van der Waals surface area contributed by atoms with E-state index < -0.39 is 7.92 Å². The highest BCUT2D eigenvalue weighted by Gasteiger charge is 2.18. The van der Waals surface area contributed by atoms with Crippen molar-refractivity contribution in [2.45, 2.75) is 0 Å². The zero-order chi connectivity index (χ0) is 18.1. The Morgan fingerprint density at radius 3 is 1.67 bits per heavy atom. The third kappa shape index (κ3) is 2.93. The summed E-state index contributed by atoms with van der Waals surface area (Å²) in [5, 5.41) is 9.52. The first-order valence-corrected chi connectivity index (χ1v) is 10.6. The van der Waals surface area contributed by atoms with Gasteiger partial charge in [-0.1, -0.05) is 115 Å². The van der Waals surface area contributed by atoms with Crippen molar-refractivity contribution >= 4 is 45.4 Å². The quantitative estimate of drug-likeness (QED) is 0.283. The molecular weight excluding hydrogens is 343 g/mol. The molecule has 0 aromatic heterocycles. The van der Waals surface area contributed by atoms with E-state index in [0.717, 1.165) is 0 Å². The topological polar surface area (TPSA) is 0 Å². The summed E-state index contributed by atoms with van der Waals surface area (Å²) in [4.78, 5) is 0. The van der Waals surface area contributed by atoms with Crippen molar-refractivity contribution in [3.05, 3.63) is 115 Å². The molecule has 27 heavy (non-hydrogen) atoms. The monoisotopic (exact) mass is 362 g/mol. The van der Waals surface area contributed by atoms with E-state index in [1.165, 1.54) is 37.5 Å². The molecule has 0 spiro atoms. The van der Waals surface area contributed by atoms with Crippen molar-refractivity contribution in [2.24, 2.45) is 0 Å². The number of hydrogen-bond acceptors (Lipinski definition) is 0. The summed E-state index contributed by atoms with van der Waals surface area (Å²) in [6, 6.07) is 41.8. The fourth-order valence-corrected chi connectivity index (χ4v) is 6.27. The molecular formula is C26H19P. The summed E-state index contributed by atoms with van der Waals surface area (Å²) in [5.74, 6) is 0. The van der Waals surface area contributed by atoms with Gasteiger partial charge in [0.2, 0.25) is 0 Å². The molecule has 0 amide bonds. The molecule has 0 atom stereocenters. The van der Waals surface area contributed by atoms with Crippen LogP contribution in [0.2, 0.25) is 0 Å². The third-order valence-corrected chi connectivity index (χ3v) is 7.53. The Balaban J connectivity index is 1.82. The predicted octanol–water partition coefficient (Wildman–Crippen LogP) is 5.75. The molecule has 0 N–H and O–H groups in total. The normalized spacial score (nSPS) is 11.3. The van der Waals surface area contributed by atoms with E-state index in [4.69, 9.17) is 0 Å². The molecule has 0 nitrogen and oxygen atoms in total. The number of hydrogen-bond donors (Lipinski definition) is 0. The van der Waals surface area contributed by atoms with Gasteiger partial charge in [-0.3, -0.25) is 0 Å². The van der Waals surface area contributed by atoms with Crippen LogP contribution < -0.4 is 15.9 Å². The minimum Gasteiger partial charge on any atom is -0.0622 e. The van der Waals surface area contributed by atoms with Crippen LogP contribution >= 0.6 is 7.92 Å². The van der Waals surface area contributed by atoms with Crippen LogP contribution in [0.1, 0.15) is 0 Å². The molecule has 0 aliphatic carbocycles. The molecule has 0 saturated carbocycles. The zero-order valence-corrected chi connectivity index (χ0v) is 15.8. The highest BCUT2D eigenvalue weighted by Crippen LogP contribution is 2.37. The Hall–Kier alpha value is -2.95. The molecule has 0 radical (unpaired) electrons.